The Morgan fingerprint density at radius 2 is 1.62 bits per heavy atom. The van der Waals surface area contributed by atoms with E-state index in [-0.39, 0.29) is 6.92 Å². The second kappa shape index (κ2) is 2.97. The van der Waals surface area contributed by atoms with Crippen LogP contribution in [0.15, 0.2) is 0 Å². The Bertz CT molecular complexity index is 267. The predicted molar refractivity (Wildman–Crippen MR) is 34.1 cm³/mol. The zero-order valence-corrected chi connectivity index (χ0v) is 7.13. The van der Waals surface area contributed by atoms with Crippen LogP contribution in [0.25, 0.3) is 0 Å². The molecule has 9 heteroatoms. The van der Waals surface area contributed by atoms with Gasteiger partial charge in [0.05, 0.1) is 0 Å². The summed E-state index contributed by atoms with van der Waals surface area (Å²) in [5, 5.41) is 4.05. The van der Waals surface area contributed by atoms with Crippen molar-refractivity contribution in [3.63, 3.8) is 0 Å². The van der Waals surface area contributed by atoms with E-state index in [1.54, 1.807) is 0 Å². The third-order valence-corrected chi connectivity index (χ3v) is 3.16. The van der Waals surface area contributed by atoms with Crippen molar-refractivity contribution in [1.29, 1.82) is 0 Å². The molecule has 0 aliphatic heterocycles. The van der Waals surface area contributed by atoms with Crippen molar-refractivity contribution in [2.45, 2.75) is 18.3 Å². The predicted octanol–water partition coefficient (Wildman–Crippen LogP) is 0.570. The van der Waals surface area contributed by atoms with E-state index in [0.717, 1.165) is 0 Å². The number of carboxylic acid groups (broad SMARTS) is 1. The number of rotatable bonds is 2. The van der Waals surface area contributed by atoms with Crippen molar-refractivity contribution < 1.29 is 37.4 Å². The van der Waals surface area contributed by atoms with Crippen LogP contribution < -0.4 is 0 Å². The fourth-order valence-electron chi connectivity index (χ4n) is 0.411. The largest absolute Gasteiger partial charge is 0.480 e. The first-order valence-electron chi connectivity index (χ1n) is 2.80. The van der Waals surface area contributed by atoms with Crippen LogP contribution in [-0.4, -0.2) is 32.2 Å². The van der Waals surface area contributed by atoms with Crippen LogP contribution in [0.5, 0.6) is 0 Å². The van der Waals surface area contributed by atoms with Crippen LogP contribution >= 0.6 is 7.60 Å². The summed E-state index contributed by atoms with van der Waals surface area (Å²) in [4.78, 5) is 26.6. The van der Waals surface area contributed by atoms with Gasteiger partial charge in [-0.2, -0.15) is 13.2 Å². The van der Waals surface area contributed by atoms with Crippen LogP contribution in [-0.2, 0) is 9.36 Å². The van der Waals surface area contributed by atoms with E-state index in [2.05, 4.69) is 0 Å². The summed E-state index contributed by atoms with van der Waals surface area (Å²) in [6.07, 6.45) is -5.50. The van der Waals surface area contributed by atoms with E-state index in [0.29, 0.717) is 0 Å². The first-order valence-corrected chi connectivity index (χ1v) is 4.41. The smallest absolute Gasteiger partial charge is 0.416 e. The van der Waals surface area contributed by atoms with Crippen LogP contribution in [0.2, 0.25) is 0 Å². The standard InChI is InChI=1S/C4H6F3O5P/c1-3(2(8)9,4(5,6)7)13(10,11)12/h1H3,(H,8,9)(H2,10,11,12). The van der Waals surface area contributed by atoms with Crippen molar-refractivity contribution in [1.82, 2.24) is 0 Å². The highest BCUT2D eigenvalue weighted by Gasteiger charge is 2.68. The minimum Gasteiger partial charge on any atom is -0.480 e. The quantitative estimate of drug-likeness (QED) is 0.593. The van der Waals surface area contributed by atoms with Gasteiger partial charge in [0.2, 0.25) is 0 Å². The molecule has 0 aromatic carbocycles. The summed E-state index contributed by atoms with van der Waals surface area (Å²) in [6.45, 7) is -0.0594. The Morgan fingerprint density at radius 3 is 1.62 bits per heavy atom. The van der Waals surface area contributed by atoms with Gasteiger partial charge in [-0.1, -0.05) is 0 Å². The zero-order valence-electron chi connectivity index (χ0n) is 6.24. The molecule has 1 unspecified atom stereocenters. The number of alkyl halides is 3. The Balaban J connectivity index is 5.49. The molecule has 0 saturated carbocycles. The average Bonchev–Trinajstić information content (AvgIpc) is 1.80. The number of carbonyl (C=O) groups is 1. The Hall–Kier alpha value is -0.590. The number of hydrogen-bond donors (Lipinski definition) is 3. The van der Waals surface area contributed by atoms with Gasteiger partial charge in [-0.15, -0.1) is 0 Å². The highest BCUT2D eigenvalue weighted by molar-refractivity contribution is 7.54. The van der Waals surface area contributed by atoms with Gasteiger partial charge in [-0.25, -0.2) is 0 Å². The monoisotopic (exact) mass is 222 g/mol. The molecule has 0 aromatic heterocycles. The van der Waals surface area contributed by atoms with Crippen molar-refractivity contribution in [2.75, 3.05) is 0 Å². The van der Waals surface area contributed by atoms with E-state index in [1.807, 2.05) is 0 Å². The van der Waals surface area contributed by atoms with Crippen molar-refractivity contribution in [2.24, 2.45) is 0 Å². The maximum atomic E-state index is 12.0. The van der Waals surface area contributed by atoms with Gasteiger partial charge in [-0.3, -0.25) is 9.36 Å². The summed E-state index contributed by atoms with van der Waals surface area (Å²) >= 11 is 0. The molecule has 0 spiro atoms. The Morgan fingerprint density at radius 1 is 1.31 bits per heavy atom. The maximum absolute atomic E-state index is 12.0. The number of hydrogen-bond acceptors (Lipinski definition) is 2. The molecule has 0 saturated heterocycles. The molecule has 0 radical (unpaired) electrons. The second-order valence-electron chi connectivity index (χ2n) is 2.42. The average molecular weight is 222 g/mol. The van der Waals surface area contributed by atoms with E-state index in [9.17, 15) is 22.5 Å². The van der Waals surface area contributed by atoms with Gasteiger partial charge in [0, 0.05) is 0 Å². The van der Waals surface area contributed by atoms with Crippen molar-refractivity contribution in [3.8, 4) is 0 Å². The van der Waals surface area contributed by atoms with Crippen LogP contribution in [0.4, 0.5) is 13.2 Å². The lowest BCUT2D eigenvalue weighted by molar-refractivity contribution is -0.184. The van der Waals surface area contributed by atoms with Gasteiger partial charge in [-0.05, 0) is 6.92 Å². The molecule has 0 amide bonds. The van der Waals surface area contributed by atoms with Gasteiger partial charge in [0.25, 0.3) is 5.16 Å². The molecular weight excluding hydrogens is 216 g/mol. The molecular formula is C4H6F3O5P. The lowest BCUT2D eigenvalue weighted by Gasteiger charge is -2.27. The normalized spacial score (nSPS) is 18.0. The summed E-state index contributed by atoms with van der Waals surface area (Å²) in [5.41, 5.74) is 0. The fourth-order valence-corrected chi connectivity index (χ4v) is 0.990. The molecule has 0 aliphatic rings. The van der Waals surface area contributed by atoms with Crippen molar-refractivity contribution >= 4 is 13.6 Å². The maximum Gasteiger partial charge on any atom is 0.416 e. The molecule has 0 aromatic rings. The van der Waals surface area contributed by atoms with Crippen molar-refractivity contribution in [3.05, 3.63) is 0 Å². The van der Waals surface area contributed by atoms with Gasteiger partial charge < -0.3 is 14.9 Å². The van der Waals surface area contributed by atoms with E-state index in [1.165, 1.54) is 0 Å². The summed E-state index contributed by atoms with van der Waals surface area (Å²) in [7, 11) is -5.79. The number of aliphatic carboxylic acids is 1. The summed E-state index contributed by atoms with van der Waals surface area (Å²) in [6, 6.07) is 0. The van der Waals surface area contributed by atoms with Crippen LogP contribution in [0.3, 0.4) is 0 Å². The van der Waals surface area contributed by atoms with E-state index >= 15 is 0 Å². The van der Waals surface area contributed by atoms with E-state index < -0.39 is 24.9 Å². The minimum absolute atomic E-state index is 0.0594. The zero-order chi connectivity index (χ0) is 11.1. The molecule has 0 rings (SSSR count). The SMILES string of the molecule is CC(C(=O)O)(C(F)(F)F)P(=O)(O)O. The highest BCUT2D eigenvalue weighted by atomic mass is 31.2. The molecule has 1 atom stereocenters. The molecule has 0 bridgehead atoms. The third kappa shape index (κ3) is 1.84. The third-order valence-electron chi connectivity index (χ3n) is 1.55. The number of carboxylic acids is 1. The second-order valence-corrected chi connectivity index (χ2v) is 4.40. The van der Waals surface area contributed by atoms with E-state index in [4.69, 9.17) is 14.9 Å². The first-order chi connectivity index (χ1) is 5.44. The molecule has 3 N–H and O–H groups in total. The Labute approximate surface area is 70.3 Å². The Kier molecular flexibility index (Phi) is 2.83. The molecule has 0 heterocycles. The molecule has 0 aliphatic carbocycles. The topological polar surface area (TPSA) is 94.8 Å². The van der Waals surface area contributed by atoms with Gasteiger partial charge in [0.1, 0.15) is 0 Å². The lowest BCUT2D eigenvalue weighted by atomic mass is 10.1. The minimum atomic E-state index is -5.79. The summed E-state index contributed by atoms with van der Waals surface area (Å²) in [5.74, 6) is -2.60. The number of halogens is 3. The van der Waals surface area contributed by atoms with Gasteiger partial charge in [0.15, 0.2) is 0 Å². The first kappa shape index (κ1) is 12.4. The molecule has 13 heavy (non-hydrogen) atoms. The summed E-state index contributed by atoms with van der Waals surface area (Å²) < 4.78 is 46.3. The lowest BCUT2D eigenvalue weighted by Crippen LogP contribution is -2.48. The van der Waals surface area contributed by atoms with Crippen LogP contribution in [0.1, 0.15) is 6.92 Å². The fraction of sp³-hybridized carbons (Fsp3) is 0.750. The van der Waals surface area contributed by atoms with Crippen LogP contribution in [0, 0.1) is 0 Å². The molecule has 5 nitrogen and oxygen atoms in total. The molecule has 0 fully saturated rings. The highest BCUT2D eigenvalue weighted by Crippen LogP contribution is 2.58. The van der Waals surface area contributed by atoms with Gasteiger partial charge >= 0.3 is 19.7 Å². The molecule has 78 valence electrons.